The number of aromatic amines is 1. The Kier molecular flexibility index (Phi) is 5.68. The number of thioether (sulfide) groups is 1. The molecule has 1 amide bonds. The van der Waals surface area contributed by atoms with Crippen LogP contribution in [-0.2, 0) is 11.3 Å². The van der Waals surface area contributed by atoms with Crippen LogP contribution in [0.4, 0.5) is 15.8 Å². The maximum absolute atomic E-state index is 13.2. The van der Waals surface area contributed by atoms with Gasteiger partial charge in [-0.3, -0.25) is 19.5 Å². The molecule has 0 unspecified atom stereocenters. The number of carbonyl (C=O) groups is 1. The lowest BCUT2D eigenvalue weighted by atomic mass is 10.2. The van der Waals surface area contributed by atoms with Crippen LogP contribution in [-0.4, -0.2) is 31.3 Å². The van der Waals surface area contributed by atoms with Crippen molar-refractivity contribution < 1.29 is 14.1 Å². The number of rotatable bonds is 7. The second-order valence-corrected chi connectivity index (χ2v) is 5.67. The third-order valence-electron chi connectivity index (χ3n) is 2.93. The molecular formula is C13H14FN5O4S. The van der Waals surface area contributed by atoms with Crippen molar-refractivity contribution in [3.63, 3.8) is 0 Å². The maximum atomic E-state index is 13.2. The molecule has 128 valence electrons. The number of benzene rings is 1. The minimum absolute atomic E-state index is 0.0564. The van der Waals surface area contributed by atoms with Gasteiger partial charge < -0.3 is 5.32 Å². The normalized spacial score (nSPS) is 10.6. The lowest BCUT2D eigenvalue weighted by Crippen LogP contribution is -2.18. The van der Waals surface area contributed by atoms with E-state index in [1.807, 2.05) is 6.92 Å². The highest BCUT2D eigenvalue weighted by molar-refractivity contribution is 7.99. The van der Waals surface area contributed by atoms with Gasteiger partial charge in [-0.05, 0) is 18.6 Å². The van der Waals surface area contributed by atoms with E-state index in [-0.39, 0.29) is 17.1 Å². The Bertz CT molecular complexity index is 819. The summed E-state index contributed by atoms with van der Waals surface area (Å²) in [5, 5.41) is 19.6. The molecule has 2 N–H and O–H groups in total. The number of halogens is 1. The smallest absolute Gasteiger partial charge is 0.325 e. The Hall–Kier alpha value is -2.69. The van der Waals surface area contributed by atoms with Crippen LogP contribution < -0.4 is 11.0 Å². The van der Waals surface area contributed by atoms with Crippen LogP contribution in [0.1, 0.15) is 13.3 Å². The Balaban J connectivity index is 2.00. The van der Waals surface area contributed by atoms with E-state index in [4.69, 9.17) is 0 Å². The molecule has 0 aliphatic heterocycles. The molecular weight excluding hydrogens is 341 g/mol. The number of nitrogens with one attached hydrogen (secondary N) is 2. The molecule has 24 heavy (non-hydrogen) atoms. The third-order valence-corrected chi connectivity index (χ3v) is 3.91. The summed E-state index contributed by atoms with van der Waals surface area (Å²) in [5.74, 6) is -1.49. The monoisotopic (exact) mass is 355 g/mol. The summed E-state index contributed by atoms with van der Waals surface area (Å²) in [5.41, 5.74) is -0.958. The van der Waals surface area contributed by atoms with Crippen LogP contribution in [0.15, 0.2) is 28.2 Å². The number of carbonyl (C=O) groups excluding carboxylic acids is 1. The number of nitrogens with zero attached hydrogens (tertiary/aromatic N) is 3. The Morgan fingerprint density at radius 2 is 2.29 bits per heavy atom. The van der Waals surface area contributed by atoms with Crippen molar-refractivity contribution in [1.82, 2.24) is 14.8 Å². The van der Waals surface area contributed by atoms with E-state index >= 15 is 0 Å². The van der Waals surface area contributed by atoms with E-state index in [1.54, 1.807) is 0 Å². The molecule has 1 aromatic carbocycles. The highest BCUT2D eigenvalue weighted by Gasteiger charge is 2.16. The first kappa shape index (κ1) is 17.7. The molecule has 0 atom stereocenters. The number of amides is 1. The number of anilines is 1. The molecule has 0 spiro atoms. The van der Waals surface area contributed by atoms with Gasteiger partial charge in [0.05, 0.1) is 10.7 Å². The number of hydrogen-bond donors (Lipinski definition) is 2. The van der Waals surface area contributed by atoms with Crippen LogP contribution in [0.2, 0.25) is 0 Å². The summed E-state index contributed by atoms with van der Waals surface area (Å²) in [6.45, 7) is 2.38. The predicted octanol–water partition coefficient (Wildman–Crippen LogP) is 1.76. The average molecular weight is 355 g/mol. The van der Waals surface area contributed by atoms with Crippen molar-refractivity contribution in [3.8, 4) is 0 Å². The Morgan fingerprint density at radius 3 is 2.96 bits per heavy atom. The SMILES string of the molecule is CCCn1c(SCC(=O)Nc2ccc(F)c([N+](=O)[O-])c2)n[nH]c1=O. The van der Waals surface area contributed by atoms with Gasteiger partial charge >= 0.3 is 11.4 Å². The first-order valence-electron chi connectivity index (χ1n) is 6.94. The topological polar surface area (TPSA) is 123 Å². The number of nitro groups is 1. The fourth-order valence-electron chi connectivity index (χ4n) is 1.89. The highest BCUT2D eigenvalue weighted by Crippen LogP contribution is 2.22. The van der Waals surface area contributed by atoms with Crippen molar-refractivity contribution in [2.75, 3.05) is 11.1 Å². The van der Waals surface area contributed by atoms with Crippen LogP contribution in [0.5, 0.6) is 0 Å². The molecule has 1 aromatic heterocycles. The first-order valence-corrected chi connectivity index (χ1v) is 7.92. The second-order valence-electron chi connectivity index (χ2n) is 4.72. The minimum Gasteiger partial charge on any atom is -0.325 e. The van der Waals surface area contributed by atoms with Crippen molar-refractivity contribution >= 4 is 29.0 Å². The van der Waals surface area contributed by atoms with Gasteiger partial charge in [0.1, 0.15) is 0 Å². The molecule has 0 bridgehead atoms. The van der Waals surface area contributed by atoms with Crippen LogP contribution in [0.25, 0.3) is 0 Å². The zero-order chi connectivity index (χ0) is 17.7. The number of H-pyrrole nitrogens is 1. The zero-order valence-electron chi connectivity index (χ0n) is 12.6. The van der Waals surface area contributed by atoms with Gasteiger partial charge in [0.15, 0.2) is 5.16 Å². The highest BCUT2D eigenvalue weighted by atomic mass is 32.2. The number of hydrogen-bond acceptors (Lipinski definition) is 6. The lowest BCUT2D eigenvalue weighted by molar-refractivity contribution is -0.387. The van der Waals surface area contributed by atoms with Gasteiger partial charge in [-0.15, -0.1) is 5.10 Å². The summed E-state index contributed by atoms with van der Waals surface area (Å²) in [6, 6.07) is 3.08. The van der Waals surface area contributed by atoms with Crippen molar-refractivity contribution in [2.45, 2.75) is 25.0 Å². The molecule has 0 fully saturated rings. The summed E-state index contributed by atoms with van der Waals surface area (Å²) < 4.78 is 14.7. The van der Waals surface area contributed by atoms with Crippen molar-refractivity contribution in [2.24, 2.45) is 0 Å². The second kappa shape index (κ2) is 7.73. The Labute approximate surface area is 139 Å². The summed E-state index contributed by atoms with van der Waals surface area (Å²) in [7, 11) is 0. The predicted molar refractivity (Wildman–Crippen MR) is 85.5 cm³/mol. The summed E-state index contributed by atoms with van der Waals surface area (Å²) in [6.07, 6.45) is 0.735. The van der Waals surface area contributed by atoms with Crippen LogP contribution in [0, 0.1) is 15.9 Å². The molecule has 0 saturated heterocycles. The van der Waals surface area contributed by atoms with Crippen molar-refractivity contribution in [1.29, 1.82) is 0 Å². The van der Waals surface area contributed by atoms with Gasteiger partial charge in [0.2, 0.25) is 11.7 Å². The first-order chi connectivity index (χ1) is 11.4. The van der Waals surface area contributed by atoms with Crippen LogP contribution >= 0.6 is 11.8 Å². The molecule has 2 rings (SSSR count). The molecule has 1 heterocycles. The fourth-order valence-corrected chi connectivity index (χ4v) is 2.66. The number of aromatic nitrogens is 3. The van der Waals surface area contributed by atoms with Crippen LogP contribution in [0.3, 0.4) is 0 Å². The molecule has 0 radical (unpaired) electrons. The van der Waals surface area contributed by atoms with E-state index in [9.17, 15) is 24.1 Å². The molecule has 0 aliphatic rings. The Morgan fingerprint density at radius 1 is 1.54 bits per heavy atom. The number of nitro benzene ring substituents is 1. The van der Waals surface area contributed by atoms with Gasteiger partial charge in [-0.2, -0.15) is 4.39 Å². The lowest BCUT2D eigenvalue weighted by Gasteiger charge is -2.06. The van der Waals surface area contributed by atoms with Gasteiger partial charge in [-0.25, -0.2) is 9.89 Å². The average Bonchev–Trinajstić information content (AvgIpc) is 2.88. The third kappa shape index (κ3) is 4.19. The quantitative estimate of drug-likeness (QED) is 0.443. The van der Waals surface area contributed by atoms with E-state index < -0.39 is 22.3 Å². The molecule has 2 aromatic rings. The summed E-state index contributed by atoms with van der Waals surface area (Å²) >= 11 is 1.05. The van der Waals surface area contributed by atoms with Gasteiger partial charge in [0, 0.05) is 18.3 Å². The molecule has 9 nitrogen and oxygen atoms in total. The minimum atomic E-state index is -0.979. The van der Waals surface area contributed by atoms with E-state index in [1.165, 1.54) is 10.6 Å². The van der Waals surface area contributed by atoms with E-state index in [0.717, 1.165) is 30.3 Å². The zero-order valence-corrected chi connectivity index (χ0v) is 13.4. The molecule has 0 saturated carbocycles. The molecule has 11 heteroatoms. The summed E-state index contributed by atoms with van der Waals surface area (Å²) in [4.78, 5) is 33.2. The standard InChI is InChI=1S/C13H14FN5O4S/c1-2-5-18-12(21)16-17-13(18)24-7-11(20)15-8-3-4-9(14)10(6-8)19(22)23/h3-4,6H,2,5,7H2,1H3,(H,15,20)(H,16,21). The maximum Gasteiger partial charge on any atom is 0.343 e. The van der Waals surface area contributed by atoms with E-state index in [0.29, 0.717) is 11.7 Å². The largest absolute Gasteiger partial charge is 0.343 e. The van der Waals surface area contributed by atoms with E-state index in [2.05, 4.69) is 15.5 Å². The fraction of sp³-hybridized carbons (Fsp3) is 0.308. The van der Waals surface area contributed by atoms with Gasteiger partial charge in [0.25, 0.3) is 0 Å². The van der Waals surface area contributed by atoms with Crippen molar-refractivity contribution in [3.05, 3.63) is 44.6 Å². The van der Waals surface area contributed by atoms with Gasteiger partial charge in [-0.1, -0.05) is 18.7 Å². The molecule has 0 aliphatic carbocycles.